The summed E-state index contributed by atoms with van der Waals surface area (Å²) in [6.07, 6.45) is 3.77. The van der Waals surface area contributed by atoms with Crippen LogP contribution in [0.15, 0.2) is 46.1 Å². The molecule has 2 rings (SSSR count). The number of carbonyl (C=O) groups excluding carboxylic acids is 2. The summed E-state index contributed by atoms with van der Waals surface area (Å²) in [6.45, 7) is 1.90. The number of hydrogen-bond acceptors (Lipinski definition) is 4. The lowest BCUT2D eigenvalue weighted by atomic mass is 10.1. The summed E-state index contributed by atoms with van der Waals surface area (Å²) in [5.74, 6) is -0.489. The number of hydrazone groups is 2. The zero-order valence-corrected chi connectivity index (χ0v) is 11.7. The van der Waals surface area contributed by atoms with Crippen molar-refractivity contribution in [3.63, 3.8) is 0 Å². The van der Waals surface area contributed by atoms with Crippen LogP contribution in [-0.4, -0.2) is 23.7 Å². The number of allylic oxidation sites excluding steroid dienone is 1. The van der Waals surface area contributed by atoms with Crippen molar-refractivity contribution < 1.29 is 9.59 Å². The van der Waals surface area contributed by atoms with Crippen molar-refractivity contribution >= 4 is 29.8 Å². The highest BCUT2D eigenvalue weighted by Crippen LogP contribution is 2.04. The van der Waals surface area contributed by atoms with E-state index < -0.39 is 0 Å². The van der Waals surface area contributed by atoms with Crippen molar-refractivity contribution in [1.82, 2.24) is 10.9 Å². The maximum atomic E-state index is 11.6. The fourth-order valence-corrected chi connectivity index (χ4v) is 1.79. The molecule has 1 heterocycles. The number of carbonyl (C=O) groups is 2. The smallest absolute Gasteiger partial charge is 0.245 e. The van der Waals surface area contributed by atoms with Crippen LogP contribution in [-0.2, 0) is 9.59 Å². The molecule has 21 heavy (non-hydrogen) atoms. The van der Waals surface area contributed by atoms with Crippen LogP contribution in [0.1, 0.15) is 25.3 Å². The summed E-state index contributed by atoms with van der Waals surface area (Å²) in [5, 5.41) is 7.62. The van der Waals surface area contributed by atoms with Crippen LogP contribution in [0.5, 0.6) is 0 Å². The van der Waals surface area contributed by atoms with E-state index in [1.165, 1.54) is 0 Å². The van der Waals surface area contributed by atoms with Crippen LogP contribution in [0.4, 0.5) is 0 Å². The zero-order valence-electron chi connectivity index (χ0n) is 11.7. The van der Waals surface area contributed by atoms with Crippen molar-refractivity contribution in [2.45, 2.75) is 19.8 Å². The Hall–Kier alpha value is -2.76. The van der Waals surface area contributed by atoms with Crippen LogP contribution in [0, 0.1) is 0 Å². The van der Waals surface area contributed by atoms with Crippen molar-refractivity contribution in [2.75, 3.05) is 0 Å². The van der Waals surface area contributed by atoms with E-state index in [4.69, 9.17) is 0 Å². The molecule has 108 valence electrons. The fourth-order valence-electron chi connectivity index (χ4n) is 1.79. The lowest BCUT2D eigenvalue weighted by molar-refractivity contribution is -0.119. The van der Waals surface area contributed by atoms with Gasteiger partial charge in [0.15, 0.2) is 0 Å². The van der Waals surface area contributed by atoms with Gasteiger partial charge in [0.1, 0.15) is 0 Å². The Kier molecular flexibility index (Phi) is 4.98. The lowest BCUT2D eigenvalue weighted by Gasteiger charge is -1.98. The lowest BCUT2D eigenvalue weighted by Crippen LogP contribution is -2.20. The molecule has 1 aromatic carbocycles. The number of hydrogen-bond donors (Lipinski definition) is 2. The molecule has 0 saturated carbocycles. The summed E-state index contributed by atoms with van der Waals surface area (Å²) in [7, 11) is 0. The molecule has 0 unspecified atom stereocenters. The Labute approximate surface area is 122 Å². The molecule has 0 bridgehead atoms. The average Bonchev–Trinajstić information content (AvgIpc) is 2.85. The predicted molar refractivity (Wildman–Crippen MR) is 81.5 cm³/mol. The zero-order chi connectivity index (χ0) is 15.1. The second-order valence-corrected chi connectivity index (χ2v) is 4.66. The van der Waals surface area contributed by atoms with E-state index in [9.17, 15) is 9.59 Å². The summed E-state index contributed by atoms with van der Waals surface area (Å²) in [6, 6.07) is 9.83. The Morgan fingerprint density at radius 2 is 2.19 bits per heavy atom. The molecule has 6 heteroatoms. The van der Waals surface area contributed by atoms with Gasteiger partial charge in [-0.05, 0) is 18.1 Å². The molecule has 0 saturated heterocycles. The van der Waals surface area contributed by atoms with E-state index >= 15 is 0 Å². The maximum absolute atomic E-state index is 11.6. The highest BCUT2D eigenvalue weighted by molar-refractivity contribution is 6.11. The van der Waals surface area contributed by atoms with Gasteiger partial charge in [0.05, 0.1) is 24.8 Å². The van der Waals surface area contributed by atoms with Gasteiger partial charge >= 0.3 is 0 Å². The van der Waals surface area contributed by atoms with Gasteiger partial charge < -0.3 is 0 Å². The quantitative estimate of drug-likeness (QED) is 0.634. The number of nitrogens with one attached hydrogen (secondary N) is 2. The van der Waals surface area contributed by atoms with Crippen molar-refractivity contribution in [3.05, 3.63) is 41.5 Å². The first-order chi connectivity index (χ1) is 10.1. The molecule has 0 fully saturated rings. The minimum atomic E-state index is -0.297. The van der Waals surface area contributed by atoms with Crippen molar-refractivity contribution in [1.29, 1.82) is 0 Å². The van der Waals surface area contributed by atoms with E-state index in [-0.39, 0.29) is 24.7 Å². The Balaban J connectivity index is 1.80. The molecule has 2 amide bonds. The van der Waals surface area contributed by atoms with Gasteiger partial charge in [-0.2, -0.15) is 10.2 Å². The third-order valence-corrected chi connectivity index (χ3v) is 2.72. The molecular formula is C15H16N4O2. The van der Waals surface area contributed by atoms with Gasteiger partial charge in [-0.1, -0.05) is 36.4 Å². The third kappa shape index (κ3) is 5.02. The molecule has 1 aromatic rings. The van der Waals surface area contributed by atoms with Gasteiger partial charge in [-0.3, -0.25) is 9.59 Å². The van der Waals surface area contributed by atoms with Crippen LogP contribution >= 0.6 is 0 Å². The summed E-state index contributed by atoms with van der Waals surface area (Å²) >= 11 is 0. The topological polar surface area (TPSA) is 82.9 Å². The minimum absolute atomic E-state index is 0.0670. The molecule has 0 spiro atoms. The van der Waals surface area contributed by atoms with E-state index in [0.717, 1.165) is 11.1 Å². The molecule has 0 radical (unpaired) electrons. The molecule has 0 aliphatic carbocycles. The van der Waals surface area contributed by atoms with Gasteiger partial charge in [-0.15, -0.1) is 0 Å². The molecule has 0 aromatic heterocycles. The first kappa shape index (κ1) is 14.6. The SMILES string of the molecule is CC(C=NNC(=O)CC1=NNC(=O)C1)=Cc1ccccc1. The van der Waals surface area contributed by atoms with E-state index in [0.29, 0.717) is 5.71 Å². The minimum Gasteiger partial charge on any atom is -0.273 e. The highest BCUT2D eigenvalue weighted by atomic mass is 16.2. The molecule has 1 aliphatic heterocycles. The van der Waals surface area contributed by atoms with Gasteiger partial charge in [-0.25, -0.2) is 10.9 Å². The summed E-state index contributed by atoms with van der Waals surface area (Å²) < 4.78 is 0. The maximum Gasteiger partial charge on any atom is 0.245 e. The Morgan fingerprint density at radius 1 is 1.43 bits per heavy atom. The second-order valence-electron chi connectivity index (χ2n) is 4.66. The van der Waals surface area contributed by atoms with E-state index in [2.05, 4.69) is 21.1 Å². The Morgan fingerprint density at radius 3 is 2.86 bits per heavy atom. The molecule has 0 atom stereocenters. The fraction of sp³-hybridized carbons (Fsp3) is 0.200. The highest BCUT2D eigenvalue weighted by Gasteiger charge is 2.16. The van der Waals surface area contributed by atoms with Gasteiger partial charge in [0.25, 0.3) is 0 Å². The van der Waals surface area contributed by atoms with Crippen LogP contribution in [0.3, 0.4) is 0 Å². The van der Waals surface area contributed by atoms with Crippen LogP contribution < -0.4 is 10.9 Å². The third-order valence-electron chi connectivity index (χ3n) is 2.72. The van der Waals surface area contributed by atoms with Crippen molar-refractivity contribution in [3.8, 4) is 0 Å². The normalized spacial score (nSPS) is 15.0. The predicted octanol–water partition coefficient (Wildman–Crippen LogP) is 1.46. The standard InChI is InChI=1S/C15H16N4O2/c1-11(7-12-5-3-2-4-6-12)10-16-18-14(20)8-13-9-15(21)19-17-13/h2-7,10H,8-9H2,1H3,(H,18,20)(H,19,21). The van der Waals surface area contributed by atoms with Crippen LogP contribution in [0.2, 0.25) is 0 Å². The first-order valence-corrected chi connectivity index (χ1v) is 6.53. The first-order valence-electron chi connectivity index (χ1n) is 6.53. The largest absolute Gasteiger partial charge is 0.273 e. The Bertz CT molecular complexity index is 618. The number of rotatable bonds is 5. The summed E-state index contributed by atoms with van der Waals surface area (Å²) in [5.41, 5.74) is 7.21. The number of nitrogens with zero attached hydrogens (tertiary/aromatic N) is 2. The van der Waals surface area contributed by atoms with Crippen LogP contribution in [0.25, 0.3) is 6.08 Å². The van der Waals surface area contributed by atoms with Crippen molar-refractivity contribution in [2.24, 2.45) is 10.2 Å². The molecular weight excluding hydrogens is 268 g/mol. The van der Waals surface area contributed by atoms with E-state index in [1.807, 2.05) is 43.3 Å². The molecule has 1 aliphatic rings. The second kappa shape index (κ2) is 7.14. The number of amides is 2. The average molecular weight is 284 g/mol. The molecule has 2 N–H and O–H groups in total. The number of benzene rings is 1. The summed E-state index contributed by atoms with van der Waals surface area (Å²) in [4.78, 5) is 22.5. The van der Waals surface area contributed by atoms with Gasteiger partial charge in [0.2, 0.25) is 11.8 Å². The molecule has 6 nitrogen and oxygen atoms in total. The monoisotopic (exact) mass is 284 g/mol. The van der Waals surface area contributed by atoms with Gasteiger partial charge in [0, 0.05) is 0 Å². The van der Waals surface area contributed by atoms with E-state index in [1.54, 1.807) is 6.21 Å².